The molecular formula is C35H26Br2Cl2F4N4O6. The number of hydrazine groups is 1. The lowest BCUT2D eigenvalue weighted by molar-refractivity contribution is -0.141. The van der Waals surface area contributed by atoms with Gasteiger partial charge in [-0.1, -0.05) is 34.9 Å². The first kappa shape index (κ1) is 37.6. The van der Waals surface area contributed by atoms with Gasteiger partial charge in [-0.2, -0.15) is 18.2 Å². The second-order valence-corrected chi connectivity index (χ2v) is 15.8. The molecule has 6 unspecified atom stereocenters. The Morgan fingerprint density at radius 2 is 1.70 bits per heavy atom. The third-order valence-electron chi connectivity index (χ3n) is 10.8. The second-order valence-electron chi connectivity index (χ2n) is 13.4. The number of carbonyl (C=O) groups excluding carboxylic acids is 4. The number of amides is 4. The maximum atomic E-state index is 14.7. The van der Waals surface area contributed by atoms with Crippen molar-refractivity contribution in [2.75, 3.05) is 24.1 Å². The fraction of sp³-hybridized carbons (Fsp3) is 0.343. The first-order valence-electron chi connectivity index (χ1n) is 16.0. The molecule has 3 heterocycles. The van der Waals surface area contributed by atoms with Gasteiger partial charge in [0.25, 0.3) is 11.8 Å². The molecule has 4 aliphatic rings. The quantitative estimate of drug-likeness (QED) is 0.155. The molecule has 2 saturated heterocycles. The van der Waals surface area contributed by atoms with E-state index in [1.807, 2.05) is 0 Å². The van der Waals surface area contributed by atoms with E-state index in [9.17, 15) is 41.8 Å². The van der Waals surface area contributed by atoms with Crippen LogP contribution in [0.25, 0.3) is 0 Å². The Labute approximate surface area is 325 Å². The van der Waals surface area contributed by atoms with Crippen LogP contribution in [0.3, 0.4) is 0 Å². The molecule has 2 aliphatic carbocycles. The zero-order valence-electron chi connectivity index (χ0n) is 27.6. The molecule has 1 saturated carbocycles. The molecule has 4 amide bonds. The highest BCUT2D eigenvalue weighted by molar-refractivity contribution is 9.13. The number of halogens is 8. The molecule has 53 heavy (non-hydrogen) atoms. The lowest BCUT2D eigenvalue weighted by atomic mass is 9.51. The van der Waals surface area contributed by atoms with Gasteiger partial charge in [-0.05, 0) is 99.5 Å². The molecule has 18 heteroatoms. The molecule has 0 spiro atoms. The summed E-state index contributed by atoms with van der Waals surface area (Å²) in [6.07, 6.45) is -3.13. The Balaban J connectivity index is 1.37. The van der Waals surface area contributed by atoms with Crippen LogP contribution in [0.5, 0.6) is 11.5 Å². The van der Waals surface area contributed by atoms with Crippen LogP contribution in [-0.4, -0.2) is 52.9 Å². The van der Waals surface area contributed by atoms with E-state index < -0.39 is 82.1 Å². The number of methoxy groups -OCH3 is 1. The number of aromatic nitrogens is 1. The number of rotatable bonds is 5. The number of hydrogen-bond donors (Lipinski definition) is 1. The van der Waals surface area contributed by atoms with Crippen LogP contribution in [-0.2, 0) is 25.4 Å². The number of ether oxygens (including phenoxy) is 1. The molecule has 3 fully saturated rings. The van der Waals surface area contributed by atoms with Gasteiger partial charge in [-0.15, -0.1) is 0 Å². The lowest BCUT2D eigenvalue weighted by Gasteiger charge is -2.49. The van der Waals surface area contributed by atoms with Gasteiger partial charge in [-0.3, -0.25) is 24.2 Å². The number of phenolic OH excluding ortho intramolecular Hbond substituents is 1. The zero-order chi connectivity index (χ0) is 38.6. The monoisotopic (exact) mass is 902 g/mol. The number of allylic oxidation sites excluding steroid dienone is 2. The van der Waals surface area contributed by atoms with Crippen LogP contribution in [0.2, 0.25) is 10.0 Å². The van der Waals surface area contributed by atoms with Crippen molar-refractivity contribution in [3.8, 4) is 11.5 Å². The van der Waals surface area contributed by atoms with Crippen LogP contribution in [0.1, 0.15) is 36.9 Å². The normalized spacial score (nSPS) is 26.8. The number of nitrogens with zero attached hydrogens (tertiary/aromatic N) is 4. The van der Waals surface area contributed by atoms with E-state index in [0.29, 0.717) is 21.7 Å². The van der Waals surface area contributed by atoms with Gasteiger partial charge in [0.1, 0.15) is 11.5 Å². The van der Waals surface area contributed by atoms with Gasteiger partial charge in [0, 0.05) is 17.4 Å². The van der Waals surface area contributed by atoms with E-state index in [1.165, 1.54) is 32.4 Å². The molecule has 0 bridgehead atoms. The zero-order valence-corrected chi connectivity index (χ0v) is 32.3. The smallest absolute Gasteiger partial charge is 0.433 e. The maximum Gasteiger partial charge on any atom is 0.433 e. The minimum atomic E-state index is -4.84. The number of imide groups is 2. The van der Waals surface area contributed by atoms with Crippen LogP contribution in [0, 0.1) is 34.9 Å². The first-order chi connectivity index (χ1) is 24.8. The van der Waals surface area contributed by atoms with Gasteiger partial charge >= 0.3 is 6.18 Å². The third kappa shape index (κ3) is 5.48. The van der Waals surface area contributed by atoms with Gasteiger partial charge < -0.3 is 9.84 Å². The fourth-order valence-electron chi connectivity index (χ4n) is 8.40. The Bertz CT molecular complexity index is 2190. The summed E-state index contributed by atoms with van der Waals surface area (Å²) in [7, 11) is 2.54. The van der Waals surface area contributed by atoms with E-state index in [-0.39, 0.29) is 44.5 Å². The lowest BCUT2D eigenvalue weighted by Crippen LogP contribution is -2.49. The highest BCUT2D eigenvalue weighted by atomic mass is 79.9. The van der Waals surface area contributed by atoms with Crippen molar-refractivity contribution < 1.29 is 46.6 Å². The van der Waals surface area contributed by atoms with Crippen molar-refractivity contribution >= 4 is 90.2 Å². The summed E-state index contributed by atoms with van der Waals surface area (Å²) in [6, 6.07) is 6.62. The summed E-state index contributed by atoms with van der Waals surface area (Å²) < 4.78 is 61.0. The Kier molecular flexibility index (Phi) is 9.18. The van der Waals surface area contributed by atoms with Crippen LogP contribution >= 0.6 is 55.1 Å². The number of pyridine rings is 1. The fourth-order valence-corrected chi connectivity index (χ4v) is 9.75. The highest BCUT2D eigenvalue weighted by Gasteiger charge is 2.68. The first-order valence-corrected chi connectivity index (χ1v) is 18.3. The Morgan fingerprint density at radius 1 is 1.00 bits per heavy atom. The third-order valence-corrected chi connectivity index (χ3v) is 13.6. The standard InChI is InChI=1S/C35H26Br2Cl2F4N4O6/c1-34-18(31(50)46(33(34)52)13-4-8-21(40)20(39)10-13)11-16-14(25(34)17-12-22(53-3)28(48)27(37)26(17)36)5-6-15-24(16)32(51)47(30(15)49)45(2)29-19(38)7-9-23(44-29)35(41,42)43/h4-5,7-10,12,15-16,18,24-25,48H,6,11H2,1-3H3. The van der Waals surface area contributed by atoms with Crippen LogP contribution in [0.15, 0.2) is 57.0 Å². The summed E-state index contributed by atoms with van der Waals surface area (Å²) in [4.78, 5) is 62.2. The average molecular weight is 905 g/mol. The predicted molar refractivity (Wildman–Crippen MR) is 191 cm³/mol. The molecule has 10 nitrogen and oxygen atoms in total. The van der Waals surface area contributed by atoms with Gasteiger partial charge in [0.15, 0.2) is 17.3 Å². The van der Waals surface area contributed by atoms with E-state index in [1.54, 1.807) is 13.0 Å². The molecule has 2 aromatic carbocycles. The summed E-state index contributed by atoms with van der Waals surface area (Å²) in [5.74, 6) is -9.11. The largest absolute Gasteiger partial charge is 0.503 e. The molecule has 2 aliphatic heterocycles. The molecule has 7 rings (SSSR count). The average Bonchev–Trinajstić information content (AvgIpc) is 3.47. The van der Waals surface area contributed by atoms with Gasteiger partial charge in [-0.25, -0.2) is 14.3 Å². The van der Waals surface area contributed by atoms with Crippen molar-refractivity contribution in [3.63, 3.8) is 0 Å². The second kappa shape index (κ2) is 12.9. The Hall–Kier alpha value is -3.73. The van der Waals surface area contributed by atoms with Crippen molar-refractivity contribution in [1.82, 2.24) is 9.99 Å². The highest BCUT2D eigenvalue weighted by Crippen LogP contribution is 2.65. The van der Waals surface area contributed by atoms with Crippen molar-refractivity contribution in [1.29, 1.82) is 0 Å². The molecule has 1 N–H and O–H groups in total. The van der Waals surface area contributed by atoms with E-state index in [2.05, 4.69) is 36.8 Å². The van der Waals surface area contributed by atoms with Crippen LogP contribution < -0.4 is 14.6 Å². The van der Waals surface area contributed by atoms with E-state index in [4.69, 9.17) is 27.9 Å². The molecule has 3 aromatic rings. The van der Waals surface area contributed by atoms with Gasteiger partial charge in [0.05, 0.1) is 50.5 Å². The van der Waals surface area contributed by atoms with Crippen LogP contribution in [0.4, 0.5) is 29.1 Å². The number of carbonyl (C=O) groups is 4. The topological polar surface area (TPSA) is 120 Å². The van der Waals surface area contributed by atoms with Crippen molar-refractivity contribution in [2.45, 2.75) is 31.9 Å². The SMILES string of the molecule is COc1cc(C2C3=CCC4C(=O)N(N(C)c5nc(C(F)(F)F)ccc5Cl)C(=O)C4C3CC3C(=O)N(c4ccc(F)c(Cl)c4)C(=O)C32C)c(Br)c(Br)c1O. The summed E-state index contributed by atoms with van der Waals surface area (Å²) in [5.41, 5.74) is -1.81. The molecule has 6 atom stereocenters. The number of benzene rings is 2. The number of aromatic hydroxyl groups is 1. The van der Waals surface area contributed by atoms with Crippen molar-refractivity contribution in [2.24, 2.45) is 29.1 Å². The molecule has 0 radical (unpaired) electrons. The van der Waals surface area contributed by atoms with E-state index >= 15 is 0 Å². The minimum Gasteiger partial charge on any atom is -0.503 e. The number of fused-ring (bicyclic) bond motifs is 4. The van der Waals surface area contributed by atoms with Gasteiger partial charge in [0.2, 0.25) is 11.8 Å². The molecule has 278 valence electrons. The number of phenols is 1. The van der Waals surface area contributed by atoms with E-state index in [0.717, 1.165) is 27.1 Å². The molecular weight excluding hydrogens is 879 g/mol. The Morgan fingerprint density at radius 3 is 2.34 bits per heavy atom. The summed E-state index contributed by atoms with van der Waals surface area (Å²) >= 11 is 19.2. The van der Waals surface area contributed by atoms with Crippen molar-refractivity contribution in [3.05, 3.63) is 84.1 Å². The molecule has 1 aromatic heterocycles. The number of alkyl halides is 3. The maximum absolute atomic E-state index is 14.7. The minimum absolute atomic E-state index is 0.0137. The summed E-state index contributed by atoms with van der Waals surface area (Å²) in [6.45, 7) is 1.62. The predicted octanol–water partition coefficient (Wildman–Crippen LogP) is 8.07. The number of anilines is 2. The summed E-state index contributed by atoms with van der Waals surface area (Å²) in [5, 5.41) is 11.9. The number of hydrogen-bond acceptors (Lipinski definition) is 8.